The predicted octanol–water partition coefficient (Wildman–Crippen LogP) is 14.0. The Labute approximate surface area is 514 Å². The number of hydrogen-bond donors (Lipinski definition) is 0. The van der Waals surface area contributed by atoms with Crippen molar-refractivity contribution in [3.8, 4) is 100 Å². The fourth-order valence-corrected chi connectivity index (χ4v) is 11.0. The number of benzene rings is 8. The first kappa shape index (κ1) is 55.9. The van der Waals surface area contributed by atoms with Crippen molar-refractivity contribution >= 4 is 28.0 Å². The van der Waals surface area contributed by atoms with Crippen LogP contribution in [-0.4, -0.2) is 29.9 Å². The van der Waals surface area contributed by atoms with Gasteiger partial charge in [0, 0.05) is 61.3 Å². The molecule has 10 aromatic rings. The minimum Gasteiger partial charge on any atom is -0.238 e. The summed E-state index contributed by atoms with van der Waals surface area (Å²) < 4.78 is 0. The summed E-state index contributed by atoms with van der Waals surface area (Å²) in [5.41, 5.74) is 2.80. The SMILES string of the molecule is [C-]#[N+]c1cc(C#N)cc(/C(=C2/C3=C(C(C#N)=C2c2nc(-c4ccccc4)nc(-c4ccccc4)n2)C(=C(c2cc(C#N)cc(C#N)c2)c2cc(C#N)cc(C#N)c2)C(c2nc(-c4ccccc4)nc(-c4ccccc4)n2)=C3C#N)c2cc(C#N)cc(C#N)c2)c1. The molecule has 0 unspecified atom stereocenters. The molecule has 2 heterocycles. The highest BCUT2D eigenvalue weighted by Crippen LogP contribution is 2.60. The normalized spacial score (nSPS) is 12.5. The third-order valence-electron chi connectivity index (χ3n) is 14.7. The van der Waals surface area contributed by atoms with Crippen LogP contribution in [0.4, 0.5) is 5.69 Å². The monoisotopic (exact) mass is 1140 g/mol. The van der Waals surface area contributed by atoms with Gasteiger partial charge in [-0.1, -0.05) is 121 Å². The van der Waals surface area contributed by atoms with Crippen LogP contribution in [-0.2, 0) is 0 Å². The van der Waals surface area contributed by atoms with Gasteiger partial charge in [-0.2, -0.15) is 47.4 Å². The van der Waals surface area contributed by atoms with Gasteiger partial charge in [0.25, 0.3) is 0 Å². The van der Waals surface area contributed by atoms with Crippen molar-refractivity contribution in [1.29, 1.82) is 47.4 Å². The summed E-state index contributed by atoms with van der Waals surface area (Å²) in [5, 5.41) is 100. The number of nitriles is 9. The van der Waals surface area contributed by atoms with E-state index in [2.05, 4.69) is 59.5 Å². The van der Waals surface area contributed by atoms with E-state index in [1.807, 2.05) is 24.3 Å². The highest BCUT2D eigenvalue weighted by molar-refractivity contribution is 6.17. The van der Waals surface area contributed by atoms with Crippen LogP contribution in [0.15, 0.2) is 228 Å². The Morgan fingerprint density at radius 2 is 0.522 bits per heavy atom. The summed E-state index contributed by atoms with van der Waals surface area (Å²) in [6, 6.07) is 73.8. The van der Waals surface area contributed by atoms with Crippen LogP contribution < -0.4 is 0 Å². The van der Waals surface area contributed by atoms with Gasteiger partial charge in [-0.15, -0.1) is 0 Å². The third-order valence-corrected chi connectivity index (χ3v) is 14.7. The lowest BCUT2D eigenvalue weighted by molar-refractivity contribution is 1.03. The van der Waals surface area contributed by atoms with E-state index in [0.717, 1.165) is 0 Å². The molecule has 0 bridgehead atoms. The fourth-order valence-electron chi connectivity index (χ4n) is 11.0. The molecule has 16 heteroatoms. The van der Waals surface area contributed by atoms with Gasteiger partial charge in [0.1, 0.15) is 12.1 Å². The molecule has 2 aliphatic rings. The average Bonchev–Trinajstić information content (AvgIpc) is 1.53. The summed E-state index contributed by atoms with van der Waals surface area (Å²) >= 11 is 0. The van der Waals surface area contributed by atoms with Crippen LogP contribution in [0.2, 0.25) is 0 Å². The largest absolute Gasteiger partial charge is 0.238 e. The van der Waals surface area contributed by atoms with Crippen molar-refractivity contribution in [2.75, 3.05) is 0 Å². The molecule has 90 heavy (non-hydrogen) atoms. The maximum atomic E-state index is 12.5. The van der Waals surface area contributed by atoms with E-state index < -0.39 is 0 Å². The second-order valence-corrected chi connectivity index (χ2v) is 20.1. The number of allylic oxidation sites excluding steroid dienone is 8. The van der Waals surface area contributed by atoms with E-state index in [1.165, 1.54) is 72.8 Å². The fraction of sp³-hybridized carbons (Fsp3) is 0. The summed E-state index contributed by atoms with van der Waals surface area (Å²) in [6.45, 7) is 8.32. The minimum atomic E-state index is -0.190. The van der Waals surface area contributed by atoms with Gasteiger partial charge in [0.2, 0.25) is 0 Å². The summed E-state index contributed by atoms with van der Waals surface area (Å²) in [7, 11) is 0. The molecule has 0 saturated heterocycles. The van der Waals surface area contributed by atoms with Crippen LogP contribution in [0.5, 0.6) is 0 Å². The van der Waals surface area contributed by atoms with Gasteiger partial charge in [-0.05, 0) is 106 Å². The smallest absolute Gasteiger partial charge is 0.189 e. The molecule has 0 aliphatic heterocycles. The van der Waals surface area contributed by atoms with Crippen molar-refractivity contribution < 1.29 is 0 Å². The van der Waals surface area contributed by atoms with Crippen LogP contribution in [0.3, 0.4) is 0 Å². The van der Waals surface area contributed by atoms with Crippen molar-refractivity contribution in [3.63, 3.8) is 0 Å². The highest BCUT2D eigenvalue weighted by Gasteiger charge is 2.46. The van der Waals surface area contributed by atoms with E-state index in [4.69, 9.17) is 36.5 Å². The van der Waals surface area contributed by atoms with E-state index in [-0.39, 0.29) is 158 Å². The number of rotatable bonds is 10. The van der Waals surface area contributed by atoms with Gasteiger partial charge in [-0.25, -0.2) is 34.7 Å². The van der Waals surface area contributed by atoms with Crippen molar-refractivity contribution in [2.24, 2.45) is 0 Å². The maximum absolute atomic E-state index is 12.5. The van der Waals surface area contributed by atoms with Crippen molar-refractivity contribution in [3.05, 3.63) is 312 Å². The molecular formula is C74H32N16. The van der Waals surface area contributed by atoms with Gasteiger partial charge in [0.15, 0.2) is 40.6 Å². The lowest BCUT2D eigenvalue weighted by Crippen LogP contribution is -2.10. The molecule has 2 aliphatic carbocycles. The van der Waals surface area contributed by atoms with Gasteiger partial charge >= 0.3 is 0 Å². The molecule has 408 valence electrons. The molecule has 0 spiro atoms. The molecule has 16 nitrogen and oxygen atoms in total. The lowest BCUT2D eigenvalue weighted by atomic mass is 9.82. The van der Waals surface area contributed by atoms with E-state index in [0.29, 0.717) is 22.3 Å². The Morgan fingerprint density at radius 3 is 0.767 bits per heavy atom. The molecular weight excluding hydrogens is 1110 g/mol. The first-order valence-corrected chi connectivity index (χ1v) is 27.2. The van der Waals surface area contributed by atoms with Crippen LogP contribution in [0, 0.1) is 109 Å². The van der Waals surface area contributed by atoms with Crippen molar-refractivity contribution in [1.82, 2.24) is 29.9 Å². The van der Waals surface area contributed by atoms with E-state index >= 15 is 0 Å². The van der Waals surface area contributed by atoms with E-state index in [9.17, 15) is 47.4 Å². The molecule has 8 aromatic carbocycles. The Balaban J connectivity index is 1.39. The summed E-state index contributed by atoms with van der Waals surface area (Å²) in [4.78, 5) is 34.5. The van der Waals surface area contributed by atoms with Gasteiger partial charge < -0.3 is 0 Å². The minimum absolute atomic E-state index is 0.00432. The first-order valence-electron chi connectivity index (χ1n) is 27.2. The number of aromatic nitrogens is 6. The number of nitrogens with zero attached hydrogens (tertiary/aromatic N) is 16. The molecule has 0 fully saturated rings. The molecule has 0 atom stereocenters. The molecule has 2 aromatic heterocycles. The zero-order chi connectivity index (χ0) is 62.4. The molecule has 0 radical (unpaired) electrons. The van der Waals surface area contributed by atoms with Crippen LogP contribution >= 0.6 is 0 Å². The van der Waals surface area contributed by atoms with E-state index in [1.54, 1.807) is 97.1 Å². The Kier molecular flexibility index (Phi) is 14.9. The standard InChI is InChI=1S/C74H32N16/c1-84-58-32-49(40-81)31-57(33-58)62(56-29-47(38-79)24-48(30-56)39-80)68-64-60(42-83)65(73-87-69(50-14-6-2-7-15-50)85-70(88-73)51-16-8-3-9-17-51)67(61(54-25-43(34-75)22-44(26-54)35-76)55-27-45(36-77)23-46(28-55)37-78)63(64)59(41-82)66(68)74-89-71(52-18-10-4-11-19-52)86-72(90-74)53-20-12-5-13-21-53/h2-33H/b68-62-. The van der Waals surface area contributed by atoms with Crippen molar-refractivity contribution in [2.45, 2.75) is 0 Å². The van der Waals surface area contributed by atoms with Crippen LogP contribution in [0.25, 0.3) is 72.7 Å². The zero-order valence-electron chi connectivity index (χ0n) is 46.6. The Bertz CT molecular complexity index is 4660. The molecule has 12 rings (SSSR count). The van der Waals surface area contributed by atoms with Crippen LogP contribution in [0.1, 0.15) is 72.8 Å². The maximum Gasteiger partial charge on any atom is 0.189 e. The Hall–Kier alpha value is -14.6. The number of hydrogen-bond acceptors (Lipinski definition) is 15. The topological polar surface area (TPSA) is 296 Å². The summed E-state index contributed by atoms with van der Waals surface area (Å²) in [5.74, 6) is 0.402. The third kappa shape index (κ3) is 10.3. The predicted molar refractivity (Wildman–Crippen MR) is 331 cm³/mol. The molecule has 0 saturated carbocycles. The second-order valence-electron chi connectivity index (χ2n) is 20.1. The highest BCUT2D eigenvalue weighted by atomic mass is 15.0. The Morgan fingerprint density at radius 1 is 0.278 bits per heavy atom. The van der Waals surface area contributed by atoms with Gasteiger partial charge in [0.05, 0.1) is 93.6 Å². The molecule has 0 amide bonds. The first-order chi connectivity index (χ1) is 44.1. The molecule has 0 N–H and O–H groups in total. The van der Waals surface area contributed by atoms with Gasteiger partial charge in [-0.3, -0.25) is 0 Å². The zero-order valence-corrected chi connectivity index (χ0v) is 46.6. The quantitative estimate of drug-likeness (QED) is 0.115. The lowest BCUT2D eigenvalue weighted by Gasteiger charge is -2.21. The average molecular weight is 1150 g/mol. The second kappa shape index (κ2) is 23.9. The summed E-state index contributed by atoms with van der Waals surface area (Å²) in [6.07, 6.45) is 0.